The van der Waals surface area contributed by atoms with Gasteiger partial charge in [0.25, 0.3) is 17.0 Å². The predicted octanol–water partition coefficient (Wildman–Crippen LogP) is 0.737. The van der Waals surface area contributed by atoms with E-state index in [9.17, 15) is 19.2 Å². The fourth-order valence-corrected chi connectivity index (χ4v) is 2.43. The van der Waals surface area contributed by atoms with Crippen LogP contribution < -0.4 is 16.4 Å². The highest BCUT2D eigenvalue weighted by Crippen LogP contribution is 2.17. The quantitative estimate of drug-likeness (QED) is 0.676. The number of rotatable bonds is 8. The molecule has 0 fully saturated rings. The van der Waals surface area contributed by atoms with Crippen molar-refractivity contribution >= 4 is 11.9 Å². The van der Waals surface area contributed by atoms with Crippen LogP contribution in [0, 0.1) is 0 Å². The van der Waals surface area contributed by atoms with Crippen LogP contribution in [-0.4, -0.2) is 28.3 Å². The van der Waals surface area contributed by atoms with Crippen molar-refractivity contribution in [3.05, 3.63) is 68.7 Å². The summed E-state index contributed by atoms with van der Waals surface area (Å²) in [5.41, 5.74) is -0.0825. The molecule has 8 nitrogen and oxygen atoms in total. The molecule has 0 spiro atoms. The lowest BCUT2D eigenvalue weighted by Gasteiger charge is -2.18. The molecule has 0 saturated carbocycles. The predicted molar refractivity (Wildman–Crippen MR) is 94.5 cm³/mol. The van der Waals surface area contributed by atoms with Crippen molar-refractivity contribution in [1.82, 2.24) is 15.1 Å². The molecule has 138 valence electrons. The van der Waals surface area contributed by atoms with E-state index in [2.05, 4.69) is 10.4 Å². The molecule has 0 aliphatic carbocycles. The van der Waals surface area contributed by atoms with Gasteiger partial charge in [-0.2, -0.15) is 0 Å². The Kier molecular flexibility index (Phi) is 6.90. The van der Waals surface area contributed by atoms with Gasteiger partial charge in [0.05, 0.1) is 6.04 Å². The largest absolute Gasteiger partial charge is 0.454 e. The smallest absolute Gasteiger partial charge is 0.328 e. The van der Waals surface area contributed by atoms with Gasteiger partial charge in [0.1, 0.15) is 6.54 Å². The van der Waals surface area contributed by atoms with Crippen molar-refractivity contribution in [2.45, 2.75) is 32.4 Å². The standard InChI is InChI=1S/C18H21N3O5/c1-2-6-14(13-7-4-3-5-8-13)19-16(23)12-26-18(25)11-21-17(24)10-9-15(22)20-21/h3-5,7-10,14H,2,6,11-12H2,1H3,(H,19,23)(H,20,22)/t14-/m0/s1. The minimum Gasteiger partial charge on any atom is -0.454 e. The Morgan fingerprint density at radius 3 is 2.58 bits per heavy atom. The average molecular weight is 359 g/mol. The number of carbonyl (C=O) groups is 2. The first kappa shape index (κ1) is 19.2. The van der Waals surface area contributed by atoms with Crippen LogP contribution in [0.1, 0.15) is 31.4 Å². The summed E-state index contributed by atoms with van der Waals surface area (Å²) in [5.74, 6) is -1.23. The number of hydrogen-bond donors (Lipinski definition) is 2. The minimum atomic E-state index is -0.796. The maximum atomic E-state index is 12.1. The van der Waals surface area contributed by atoms with E-state index in [0.717, 1.165) is 35.2 Å². The SMILES string of the molecule is CCC[C@H](NC(=O)COC(=O)Cn1[nH]c(=O)ccc1=O)c1ccccc1. The van der Waals surface area contributed by atoms with Crippen molar-refractivity contribution in [2.75, 3.05) is 6.61 Å². The van der Waals surface area contributed by atoms with Gasteiger partial charge >= 0.3 is 5.97 Å². The third-order valence-electron chi connectivity index (χ3n) is 3.65. The Labute approximate surface area is 149 Å². The maximum Gasteiger partial charge on any atom is 0.328 e. The van der Waals surface area contributed by atoms with Gasteiger partial charge in [-0.25, -0.2) is 4.68 Å². The molecular weight excluding hydrogens is 338 g/mol. The minimum absolute atomic E-state index is 0.166. The number of benzene rings is 1. The summed E-state index contributed by atoms with van der Waals surface area (Å²) < 4.78 is 5.71. The molecule has 1 aromatic heterocycles. The molecule has 1 aromatic carbocycles. The van der Waals surface area contributed by atoms with Crippen LogP contribution in [0.2, 0.25) is 0 Å². The van der Waals surface area contributed by atoms with Crippen molar-refractivity contribution in [3.63, 3.8) is 0 Å². The van der Waals surface area contributed by atoms with Gasteiger partial charge in [-0.15, -0.1) is 0 Å². The van der Waals surface area contributed by atoms with Crippen molar-refractivity contribution in [2.24, 2.45) is 0 Å². The Morgan fingerprint density at radius 1 is 1.15 bits per heavy atom. The van der Waals surface area contributed by atoms with E-state index in [1.165, 1.54) is 0 Å². The lowest BCUT2D eigenvalue weighted by atomic mass is 10.0. The van der Waals surface area contributed by atoms with Crippen molar-refractivity contribution in [1.29, 1.82) is 0 Å². The Hall–Kier alpha value is -3.16. The molecule has 26 heavy (non-hydrogen) atoms. The molecule has 2 rings (SSSR count). The normalized spacial score (nSPS) is 11.6. The van der Waals surface area contributed by atoms with Crippen LogP contribution in [0.5, 0.6) is 0 Å². The summed E-state index contributed by atoms with van der Waals surface area (Å²) in [6.07, 6.45) is 1.63. The third kappa shape index (κ3) is 5.73. The van der Waals surface area contributed by atoms with Crippen molar-refractivity contribution in [3.8, 4) is 0 Å². The summed E-state index contributed by atoms with van der Waals surface area (Å²) >= 11 is 0. The number of amides is 1. The molecule has 2 N–H and O–H groups in total. The Balaban J connectivity index is 1.88. The maximum absolute atomic E-state index is 12.1. The lowest BCUT2D eigenvalue weighted by Crippen LogP contribution is -2.35. The summed E-state index contributed by atoms with van der Waals surface area (Å²) in [5, 5.41) is 5.04. The van der Waals surface area contributed by atoms with Crippen molar-refractivity contribution < 1.29 is 14.3 Å². The van der Waals surface area contributed by atoms with Crippen LogP contribution in [0.4, 0.5) is 0 Å². The number of carbonyl (C=O) groups excluding carboxylic acids is 2. The fraction of sp³-hybridized carbons (Fsp3) is 0.333. The number of ether oxygens (including phenoxy) is 1. The number of hydrogen-bond acceptors (Lipinski definition) is 5. The van der Waals surface area contributed by atoms with Crippen LogP contribution in [-0.2, 0) is 20.9 Å². The highest BCUT2D eigenvalue weighted by molar-refractivity contribution is 5.80. The van der Waals surface area contributed by atoms with Gasteiger partial charge in [-0.05, 0) is 12.0 Å². The van der Waals surface area contributed by atoms with E-state index < -0.39 is 36.1 Å². The van der Waals surface area contributed by atoms with Crippen LogP contribution >= 0.6 is 0 Å². The zero-order chi connectivity index (χ0) is 18.9. The van der Waals surface area contributed by atoms with E-state index in [-0.39, 0.29) is 6.04 Å². The second-order valence-corrected chi connectivity index (χ2v) is 5.71. The van der Waals surface area contributed by atoms with Crippen LogP contribution in [0.15, 0.2) is 52.1 Å². The van der Waals surface area contributed by atoms with E-state index >= 15 is 0 Å². The van der Waals surface area contributed by atoms with Gasteiger partial charge in [0.2, 0.25) is 0 Å². The number of H-pyrrole nitrogens is 1. The molecule has 0 aliphatic heterocycles. The first-order valence-electron chi connectivity index (χ1n) is 8.29. The molecule has 2 aromatic rings. The number of nitrogens with zero attached hydrogens (tertiary/aromatic N) is 1. The summed E-state index contributed by atoms with van der Waals surface area (Å²) in [4.78, 5) is 46.5. The Bertz CT molecular complexity index is 857. The number of aromatic amines is 1. The third-order valence-corrected chi connectivity index (χ3v) is 3.65. The molecule has 0 saturated heterocycles. The van der Waals surface area contributed by atoms with E-state index in [1.54, 1.807) is 0 Å². The first-order chi connectivity index (χ1) is 12.5. The average Bonchev–Trinajstić information content (AvgIpc) is 2.63. The summed E-state index contributed by atoms with van der Waals surface area (Å²) in [6, 6.07) is 11.5. The molecule has 1 amide bonds. The molecule has 0 unspecified atom stereocenters. The van der Waals surface area contributed by atoms with Crippen LogP contribution in [0.3, 0.4) is 0 Å². The zero-order valence-electron chi connectivity index (χ0n) is 14.4. The first-order valence-corrected chi connectivity index (χ1v) is 8.29. The van der Waals surface area contributed by atoms with E-state index in [4.69, 9.17) is 4.74 Å². The van der Waals surface area contributed by atoms with Gasteiger partial charge in [-0.3, -0.25) is 24.3 Å². The second kappa shape index (κ2) is 9.36. The number of aromatic nitrogens is 2. The van der Waals surface area contributed by atoms with Gasteiger partial charge in [0.15, 0.2) is 6.61 Å². The Morgan fingerprint density at radius 2 is 1.88 bits per heavy atom. The zero-order valence-corrected chi connectivity index (χ0v) is 14.4. The van der Waals surface area contributed by atoms with Gasteiger partial charge in [0, 0.05) is 12.1 Å². The van der Waals surface area contributed by atoms with Crippen LogP contribution in [0.25, 0.3) is 0 Å². The second-order valence-electron chi connectivity index (χ2n) is 5.71. The summed E-state index contributed by atoms with van der Waals surface area (Å²) in [6.45, 7) is 1.08. The molecule has 0 bridgehead atoms. The molecule has 8 heteroatoms. The number of nitrogens with one attached hydrogen (secondary N) is 2. The fourth-order valence-electron chi connectivity index (χ4n) is 2.43. The molecule has 1 heterocycles. The van der Waals surface area contributed by atoms with E-state index in [0.29, 0.717) is 0 Å². The highest BCUT2D eigenvalue weighted by Gasteiger charge is 2.15. The number of esters is 1. The van der Waals surface area contributed by atoms with E-state index in [1.807, 2.05) is 37.3 Å². The lowest BCUT2D eigenvalue weighted by molar-refractivity contribution is -0.149. The van der Waals surface area contributed by atoms with Gasteiger partial charge < -0.3 is 10.1 Å². The molecule has 0 radical (unpaired) electrons. The highest BCUT2D eigenvalue weighted by atomic mass is 16.5. The molecular formula is C18H21N3O5. The topological polar surface area (TPSA) is 110 Å². The molecule has 1 atom stereocenters. The molecule has 0 aliphatic rings. The summed E-state index contributed by atoms with van der Waals surface area (Å²) in [7, 11) is 0. The monoisotopic (exact) mass is 359 g/mol. The van der Waals surface area contributed by atoms with Gasteiger partial charge in [-0.1, -0.05) is 43.7 Å².